The molecule has 1 aromatic heterocycles. The Morgan fingerprint density at radius 3 is 2.67 bits per heavy atom. The fourth-order valence-corrected chi connectivity index (χ4v) is 1.96. The van der Waals surface area contributed by atoms with Gasteiger partial charge in [-0.2, -0.15) is 0 Å². The maximum absolute atomic E-state index is 12.0. The van der Waals surface area contributed by atoms with Crippen LogP contribution in [-0.2, 0) is 4.74 Å². The van der Waals surface area contributed by atoms with E-state index in [1.54, 1.807) is 12.3 Å². The van der Waals surface area contributed by atoms with Gasteiger partial charge in [-0.15, -0.1) is 0 Å². The van der Waals surface area contributed by atoms with Gasteiger partial charge in [0.2, 0.25) is 0 Å². The van der Waals surface area contributed by atoms with E-state index in [9.17, 15) is 4.79 Å². The van der Waals surface area contributed by atoms with Crippen LogP contribution in [0.1, 0.15) is 57.1 Å². The summed E-state index contributed by atoms with van der Waals surface area (Å²) in [5, 5.41) is 0. The zero-order valence-corrected chi connectivity index (χ0v) is 11.8. The summed E-state index contributed by atoms with van der Waals surface area (Å²) in [4.78, 5) is 12.0. The van der Waals surface area contributed by atoms with Crippen LogP contribution in [0.2, 0.25) is 0 Å². The number of carbonyl (C=O) groups excluding carboxylic acids is 1. The van der Waals surface area contributed by atoms with E-state index in [0.717, 1.165) is 12.8 Å². The average molecular weight is 252 g/mol. The van der Waals surface area contributed by atoms with E-state index in [4.69, 9.17) is 10.5 Å². The molecule has 4 heteroatoms. The van der Waals surface area contributed by atoms with Crippen LogP contribution in [0, 0.1) is 5.92 Å². The van der Waals surface area contributed by atoms with Crippen molar-refractivity contribution < 1.29 is 9.53 Å². The first kappa shape index (κ1) is 14.6. The number of nitrogens with zero attached hydrogens (tertiary/aromatic N) is 1. The molecule has 4 nitrogen and oxygen atoms in total. The van der Waals surface area contributed by atoms with E-state index in [0.29, 0.717) is 23.9 Å². The summed E-state index contributed by atoms with van der Waals surface area (Å²) in [7, 11) is 0. The van der Waals surface area contributed by atoms with E-state index in [1.165, 1.54) is 0 Å². The molecule has 0 amide bonds. The Labute approximate surface area is 109 Å². The number of rotatable bonds is 6. The minimum atomic E-state index is -0.289. The molecule has 0 saturated carbocycles. The second kappa shape index (κ2) is 6.47. The summed E-state index contributed by atoms with van der Waals surface area (Å²) in [5.74, 6) is 0.113. The molecule has 18 heavy (non-hydrogen) atoms. The van der Waals surface area contributed by atoms with Crippen molar-refractivity contribution >= 4 is 11.7 Å². The summed E-state index contributed by atoms with van der Waals surface area (Å²) in [5.41, 5.74) is 6.86. The van der Waals surface area contributed by atoms with Gasteiger partial charge in [0, 0.05) is 12.2 Å². The molecule has 0 aliphatic carbocycles. The third-order valence-corrected chi connectivity index (χ3v) is 2.92. The monoisotopic (exact) mass is 252 g/mol. The van der Waals surface area contributed by atoms with Crippen LogP contribution >= 0.6 is 0 Å². The summed E-state index contributed by atoms with van der Waals surface area (Å²) < 4.78 is 7.18. The van der Waals surface area contributed by atoms with E-state index < -0.39 is 0 Å². The number of hydrogen-bond acceptors (Lipinski definition) is 3. The second-order valence-electron chi connectivity index (χ2n) is 5.15. The molecule has 0 aliphatic heterocycles. The van der Waals surface area contributed by atoms with E-state index in [2.05, 4.69) is 13.8 Å². The maximum Gasteiger partial charge on any atom is 0.355 e. The Bertz CT molecular complexity index is 396. The van der Waals surface area contributed by atoms with Crippen LogP contribution in [0.25, 0.3) is 0 Å². The normalized spacial score (nSPS) is 12.7. The summed E-state index contributed by atoms with van der Waals surface area (Å²) >= 11 is 0. The molecule has 0 spiro atoms. The van der Waals surface area contributed by atoms with Gasteiger partial charge < -0.3 is 15.0 Å². The molecular weight excluding hydrogens is 228 g/mol. The predicted molar refractivity (Wildman–Crippen MR) is 73.6 cm³/mol. The lowest BCUT2D eigenvalue weighted by molar-refractivity contribution is 0.0429. The second-order valence-corrected chi connectivity index (χ2v) is 5.15. The van der Waals surface area contributed by atoms with Crippen molar-refractivity contribution in [1.82, 2.24) is 4.57 Å². The number of hydrogen-bond donors (Lipinski definition) is 1. The van der Waals surface area contributed by atoms with Crippen LogP contribution in [0.4, 0.5) is 5.69 Å². The lowest BCUT2D eigenvalue weighted by Crippen LogP contribution is -2.16. The summed E-state index contributed by atoms with van der Waals surface area (Å²) in [6.45, 7) is 8.71. The van der Waals surface area contributed by atoms with Crippen LogP contribution < -0.4 is 5.73 Å². The molecule has 1 heterocycles. The number of ether oxygens (including phenoxy) is 1. The molecule has 0 radical (unpaired) electrons. The summed E-state index contributed by atoms with van der Waals surface area (Å²) in [6, 6.07) is 1.87. The number of aromatic nitrogens is 1. The predicted octanol–water partition coefficient (Wildman–Crippen LogP) is 3.24. The van der Waals surface area contributed by atoms with Gasteiger partial charge in [0.05, 0.1) is 12.3 Å². The van der Waals surface area contributed by atoms with Gasteiger partial charge in [-0.05, 0) is 32.3 Å². The molecule has 1 aromatic rings. The van der Waals surface area contributed by atoms with Gasteiger partial charge in [-0.25, -0.2) is 4.79 Å². The first-order chi connectivity index (χ1) is 8.45. The average Bonchev–Trinajstić information content (AvgIpc) is 2.69. The molecule has 0 bridgehead atoms. The molecule has 1 atom stereocenters. The highest BCUT2D eigenvalue weighted by atomic mass is 16.5. The largest absolute Gasteiger partial charge is 0.461 e. The standard InChI is InChI=1S/C14H24N2O2/c1-5-6-11(4)9-18-14(17)13-7-12(15)8-16(13)10(2)3/h7-8,10-11H,5-6,9,15H2,1-4H3. The molecule has 2 N–H and O–H groups in total. The Morgan fingerprint density at radius 1 is 1.44 bits per heavy atom. The van der Waals surface area contributed by atoms with Crippen molar-refractivity contribution in [3.63, 3.8) is 0 Å². The fourth-order valence-electron chi connectivity index (χ4n) is 1.96. The SMILES string of the molecule is CCCC(C)COC(=O)c1cc(N)cn1C(C)C. The number of anilines is 1. The quantitative estimate of drug-likeness (QED) is 0.791. The molecular formula is C14H24N2O2. The minimum Gasteiger partial charge on any atom is -0.461 e. The van der Waals surface area contributed by atoms with Crippen LogP contribution in [0.3, 0.4) is 0 Å². The minimum absolute atomic E-state index is 0.193. The van der Waals surface area contributed by atoms with Gasteiger partial charge in [-0.1, -0.05) is 20.3 Å². The van der Waals surface area contributed by atoms with E-state index in [-0.39, 0.29) is 12.0 Å². The van der Waals surface area contributed by atoms with Crippen LogP contribution in [-0.4, -0.2) is 17.1 Å². The van der Waals surface area contributed by atoms with Crippen molar-refractivity contribution in [1.29, 1.82) is 0 Å². The molecule has 1 rings (SSSR count). The highest BCUT2D eigenvalue weighted by molar-refractivity contribution is 5.89. The van der Waals surface area contributed by atoms with Crippen LogP contribution in [0.15, 0.2) is 12.3 Å². The molecule has 0 fully saturated rings. The van der Waals surface area contributed by atoms with Crippen molar-refractivity contribution in [2.75, 3.05) is 12.3 Å². The van der Waals surface area contributed by atoms with E-state index >= 15 is 0 Å². The zero-order valence-electron chi connectivity index (χ0n) is 11.8. The Kier molecular flexibility index (Phi) is 5.25. The Morgan fingerprint density at radius 2 is 2.11 bits per heavy atom. The third-order valence-electron chi connectivity index (χ3n) is 2.92. The van der Waals surface area contributed by atoms with Crippen molar-refractivity contribution in [2.24, 2.45) is 5.92 Å². The van der Waals surface area contributed by atoms with Gasteiger partial charge in [0.15, 0.2) is 0 Å². The van der Waals surface area contributed by atoms with Gasteiger partial charge in [0.25, 0.3) is 0 Å². The van der Waals surface area contributed by atoms with Gasteiger partial charge in [-0.3, -0.25) is 0 Å². The van der Waals surface area contributed by atoms with Crippen molar-refractivity contribution in [3.05, 3.63) is 18.0 Å². The third kappa shape index (κ3) is 3.79. The lowest BCUT2D eigenvalue weighted by Gasteiger charge is -2.14. The number of carbonyl (C=O) groups is 1. The van der Waals surface area contributed by atoms with Crippen molar-refractivity contribution in [2.45, 2.75) is 46.6 Å². The number of esters is 1. The lowest BCUT2D eigenvalue weighted by atomic mass is 10.1. The molecule has 0 aliphatic rings. The first-order valence-corrected chi connectivity index (χ1v) is 6.60. The Hall–Kier alpha value is -1.45. The van der Waals surface area contributed by atoms with Crippen LogP contribution in [0.5, 0.6) is 0 Å². The molecule has 1 unspecified atom stereocenters. The molecule has 102 valence electrons. The number of nitrogens with two attached hydrogens (primary N) is 1. The zero-order chi connectivity index (χ0) is 13.7. The maximum atomic E-state index is 12.0. The molecule has 0 saturated heterocycles. The van der Waals surface area contributed by atoms with Gasteiger partial charge >= 0.3 is 5.97 Å². The Balaban J connectivity index is 2.66. The van der Waals surface area contributed by atoms with Crippen molar-refractivity contribution in [3.8, 4) is 0 Å². The first-order valence-electron chi connectivity index (χ1n) is 6.60. The topological polar surface area (TPSA) is 57.2 Å². The van der Waals surface area contributed by atoms with Gasteiger partial charge in [0.1, 0.15) is 5.69 Å². The van der Waals surface area contributed by atoms with E-state index in [1.807, 2.05) is 18.4 Å². The smallest absolute Gasteiger partial charge is 0.355 e. The highest BCUT2D eigenvalue weighted by Gasteiger charge is 2.16. The molecule has 0 aromatic carbocycles. The fraction of sp³-hybridized carbons (Fsp3) is 0.643. The number of nitrogen functional groups attached to an aromatic ring is 1. The highest BCUT2D eigenvalue weighted by Crippen LogP contribution is 2.18. The summed E-state index contributed by atoms with van der Waals surface area (Å²) in [6.07, 6.45) is 3.95.